The third kappa shape index (κ3) is 3.67. The van der Waals surface area contributed by atoms with Gasteiger partial charge in [-0.3, -0.25) is 4.72 Å². The van der Waals surface area contributed by atoms with Crippen LogP contribution in [0.15, 0.2) is 29.2 Å². The molecule has 0 bridgehead atoms. The van der Waals surface area contributed by atoms with Gasteiger partial charge in [0.1, 0.15) is 0 Å². The normalized spacial score (nSPS) is 16.5. The van der Waals surface area contributed by atoms with Gasteiger partial charge in [0, 0.05) is 11.7 Å². The Morgan fingerprint density at radius 3 is 2.06 bits per heavy atom. The first-order valence-corrected chi connectivity index (χ1v) is 8.22. The smallest absolute Gasteiger partial charge is 0.271 e. The zero-order valence-corrected chi connectivity index (χ0v) is 11.0. The number of benzene rings is 1. The zero-order chi connectivity index (χ0) is 13.4. The van der Waals surface area contributed by atoms with Crippen molar-refractivity contribution < 1.29 is 16.8 Å². The van der Waals surface area contributed by atoms with E-state index in [2.05, 4.69) is 4.72 Å². The van der Waals surface area contributed by atoms with Crippen LogP contribution in [0.2, 0.25) is 0 Å². The molecule has 0 saturated heterocycles. The molecule has 4 N–H and O–H groups in total. The molecule has 1 aromatic carbocycles. The van der Waals surface area contributed by atoms with E-state index in [1.54, 1.807) is 0 Å². The highest BCUT2D eigenvalue weighted by molar-refractivity contribution is 7.90. The summed E-state index contributed by atoms with van der Waals surface area (Å²) in [5.41, 5.74) is 0.211. The third-order valence-corrected chi connectivity index (χ3v) is 4.38. The highest BCUT2D eigenvalue weighted by atomic mass is 32.2. The molecule has 1 saturated carbocycles. The van der Waals surface area contributed by atoms with E-state index < -0.39 is 20.2 Å². The summed E-state index contributed by atoms with van der Waals surface area (Å²) in [4.78, 5) is 0.0920. The minimum atomic E-state index is -3.85. The Balaban J connectivity index is 2.16. The molecule has 1 fully saturated rings. The Bertz CT molecular complexity index is 633. The average Bonchev–Trinajstić information content (AvgIpc) is 2.99. The Hall–Kier alpha value is -1.16. The van der Waals surface area contributed by atoms with Gasteiger partial charge < -0.3 is 0 Å². The molecule has 2 rings (SSSR count). The lowest BCUT2D eigenvalue weighted by atomic mass is 10.3. The molecule has 0 spiro atoms. The van der Waals surface area contributed by atoms with Crippen LogP contribution in [-0.2, 0) is 20.2 Å². The molecule has 1 aliphatic rings. The molecule has 1 aromatic rings. The highest BCUT2D eigenvalue weighted by Crippen LogP contribution is 2.22. The van der Waals surface area contributed by atoms with Crippen molar-refractivity contribution >= 4 is 25.9 Å². The lowest BCUT2D eigenvalue weighted by Gasteiger charge is -2.07. The van der Waals surface area contributed by atoms with Gasteiger partial charge in [0.25, 0.3) is 10.2 Å². The molecule has 0 atom stereocenters. The van der Waals surface area contributed by atoms with Gasteiger partial charge >= 0.3 is 0 Å². The van der Waals surface area contributed by atoms with Gasteiger partial charge in [0.15, 0.2) is 0 Å². The number of rotatable bonds is 5. The second kappa shape index (κ2) is 4.50. The number of anilines is 1. The molecule has 0 radical (unpaired) electrons. The summed E-state index contributed by atoms with van der Waals surface area (Å²) in [6.45, 7) is 0. The minimum absolute atomic E-state index is 0.0252. The topological polar surface area (TPSA) is 118 Å². The average molecular weight is 291 g/mol. The van der Waals surface area contributed by atoms with Crippen molar-refractivity contribution in [2.24, 2.45) is 5.14 Å². The van der Waals surface area contributed by atoms with E-state index in [1.165, 1.54) is 24.3 Å². The summed E-state index contributed by atoms with van der Waals surface area (Å²) in [7, 11) is -7.37. The molecule has 9 heteroatoms. The van der Waals surface area contributed by atoms with Gasteiger partial charge in [0.05, 0.1) is 4.90 Å². The van der Waals surface area contributed by atoms with Gasteiger partial charge in [-0.2, -0.15) is 8.42 Å². The number of nitrogens with one attached hydrogen (secondary N) is 2. The Morgan fingerprint density at radius 2 is 1.61 bits per heavy atom. The summed E-state index contributed by atoms with van der Waals surface area (Å²) < 4.78 is 49.7. The molecule has 0 aromatic heterocycles. The van der Waals surface area contributed by atoms with Gasteiger partial charge in [-0.25, -0.2) is 18.3 Å². The molecular weight excluding hydrogens is 278 g/mol. The second-order valence-electron chi connectivity index (χ2n) is 4.07. The van der Waals surface area contributed by atoms with E-state index >= 15 is 0 Å². The van der Waals surface area contributed by atoms with Crippen LogP contribution in [-0.4, -0.2) is 22.9 Å². The van der Waals surface area contributed by atoms with Crippen molar-refractivity contribution in [1.82, 2.24) is 4.72 Å². The Morgan fingerprint density at radius 1 is 1.06 bits per heavy atom. The summed E-state index contributed by atoms with van der Waals surface area (Å²) in [5, 5.41) is 4.80. The Kier molecular flexibility index (Phi) is 3.32. The van der Waals surface area contributed by atoms with Crippen molar-refractivity contribution in [1.29, 1.82) is 0 Å². The maximum atomic E-state index is 11.8. The van der Waals surface area contributed by atoms with Crippen LogP contribution < -0.4 is 14.6 Å². The fraction of sp³-hybridized carbons (Fsp3) is 0.333. The lowest BCUT2D eigenvalue weighted by molar-refractivity contribution is 0.581. The fourth-order valence-corrected chi connectivity index (χ4v) is 3.12. The molecule has 18 heavy (non-hydrogen) atoms. The summed E-state index contributed by atoms with van der Waals surface area (Å²) in [6, 6.07) is 5.34. The quantitative estimate of drug-likeness (QED) is 0.692. The molecule has 7 nitrogen and oxygen atoms in total. The third-order valence-electron chi connectivity index (χ3n) is 2.32. The van der Waals surface area contributed by atoms with Gasteiger partial charge in [-0.05, 0) is 37.1 Å². The van der Waals surface area contributed by atoms with Gasteiger partial charge in [-0.1, -0.05) is 0 Å². The van der Waals surface area contributed by atoms with Gasteiger partial charge in [-0.15, -0.1) is 0 Å². The van der Waals surface area contributed by atoms with Crippen molar-refractivity contribution in [3.8, 4) is 0 Å². The maximum Gasteiger partial charge on any atom is 0.296 e. The van der Waals surface area contributed by atoms with Crippen molar-refractivity contribution in [3.05, 3.63) is 24.3 Å². The number of hydrogen-bond donors (Lipinski definition) is 3. The summed E-state index contributed by atoms with van der Waals surface area (Å²) in [5.74, 6) is 0. The SMILES string of the molecule is NS(=O)(=O)Nc1ccc(S(=O)(=O)NC2CC2)cc1. The maximum absolute atomic E-state index is 11.8. The fourth-order valence-electron chi connectivity index (χ4n) is 1.36. The van der Waals surface area contributed by atoms with E-state index in [9.17, 15) is 16.8 Å². The Labute approximate surface area is 106 Å². The minimum Gasteiger partial charge on any atom is -0.271 e. The predicted octanol–water partition coefficient (Wildman–Crippen LogP) is -0.257. The second-order valence-corrected chi connectivity index (χ2v) is 7.08. The zero-order valence-electron chi connectivity index (χ0n) is 9.33. The lowest BCUT2D eigenvalue weighted by Crippen LogP contribution is -2.25. The number of sulfonamides is 1. The van der Waals surface area contributed by atoms with Crippen molar-refractivity contribution in [2.75, 3.05) is 4.72 Å². The van der Waals surface area contributed by atoms with Crippen LogP contribution in [0.1, 0.15) is 12.8 Å². The molecule has 100 valence electrons. The van der Waals surface area contributed by atoms with E-state index in [0.717, 1.165) is 12.8 Å². The predicted molar refractivity (Wildman–Crippen MR) is 66.5 cm³/mol. The van der Waals surface area contributed by atoms with Crippen LogP contribution in [0.25, 0.3) is 0 Å². The first-order chi connectivity index (χ1) is 8.26. The van der Waals surface area contributed by atoms with Crippen LogP contribution in [0.3, 0.4) is 0 Å². The van der Waals surface area contributed by atoms with Crippen LogP contribution in [0, 0.1) is 0 Å². The largest absolute Gasteiger partial charge is 0.296 e. The highest BCUT2D eigenvalue weighted by Gasteiger charge is 2.27. The van der Waals surface area contributed by atoms with Crippen LogP contribution >= 0.6 is 0 Å². The first-order valence-electron chi connectivity index (χ1n) is 5.19. The first kappa shape index (κ1) is 13.3. The molecule has 0 amide bonds. The monoisotopic (exact) mass is 291 g/mol. The van der Waals surface area contributed by atoms with E-state index in [-0.39, 0.29) is 16.6 Å². The van der Waals surface area contributed by atoms with E-state index in [4.69, 9.17) is 5.14 Å². The summed E-state index contributed by atoms with van der Waals surface area (Å²) >= 11 is 0. The molecular formula is C9H13N3O4S2. The van der Waals surface area contributed by atoms with Crippen molar-refractivity contribution in [2.45, 2.75) is 23.8 Å². The van der Waals surface area contributed by atoms with Crippen molar-refractivity contribution in [3.63, 3.8) is 0 Å². The molecule has 0 heterocycles. The number of hydrogen-bond acceptors (Lipinski definition) is 4. The van der Waals surface area contributed by atoms with Crippen LogP contribution in [0.4, 0.5) is 5.69 Å². The molecule has 0 unspecified atom stereocenters. The summed E-state index contributed by atoms with van der Waals surface area (Å²) in [6.07, 6.45) is 1.70. The number of nitrogens with two attached hydrogens (primary N) is 1. The molecule has 1 aliphatic carbocycles. The van der Waals surface area contributed by atoms with Crippen LogP contribution in [0.5, 0.6) is 0 Å². The molecule has 0 aliphatic heterocycles. The van der Waals surface area contributed by atoms with E-state index in [0.29, 0.717) is 0 Å². The standard InChI is InChI=1S/C9H13N3O4S2/c10-18(15,16)12-8-3-5-9(6-4-8)17(13,14)11-7-1-2-7/h3-7,11-12H,1-2H2,(H2,10,15,16). The van der Waals surface area contributed by atoms with Gasteiger partial charge in [0.2, 0.25) is 10.0 Å². The van der Waals surface area contributed by atoms with E-state index in [1.807, 2.05) is 4.72 Å².